The Morgan fingerprint density at radius 1 is 1.16 bits per heavy atom. The summed E-state index contributed by atoms with van der Waals surface area (Å²) < 4.78 is 11.2. The third-order valence-corrected chi connectivity index (χ3v) is 6.43. The molecule has 2 aliphatic rings. The van der Waals surface area contributed by atoms with Gasteiger partial charge in [-0.25, -0.2) is 0 Å². The van der Waals surface area contributed by atoms with Gasteiger partial charge in [0, 0.05) is 30.1 Å². The van der Waals surface area contributed by atoms with Gasteiger partial charge in [0.05, 0.1) is 18.2 Å². The number of carboxylic acid groups (broad SMARTS) is 1. The van der Waals surface area contributed by atoms with Crippen LogP contribution < -0.4 is 10.1 Å². The summed E-state index contributed by atoms with van der Waals surface area (Å²) in [6.07, 6.45) is 0.595. The first-order valence-corrected chi connectivity index (χ1v) is 10.9. The lowest BCUT2D eigenvalue weighted by Gasteiger charge is -2.29. The molecule has 4 rings (SSSR count). The van der Waals surface area contributed by atoms with E-state index in [1.54, 1.807) is 12.1 Å². The zero-order chi connectivity index (χ0) is 22.0. The van der Waals surface area contributed by atoms with E-state index in [0.29, 0.717) is 54.4 Å². The predicted octanol–water partition coefficient (Wildman–Crippen LogP) is 4.45. The summed E-state index contributed by atoms with van der Waals surface area (Å²) in [5.41, 5.74) is 1.73. The number of halogens is 2. The maximum Gasteiger partial charge on any atom is 0.321 e. The third-order valence-electron chi connectivity index (χ3n) is 5.80. The number of rotatable bonds is 6. The highest BCUT2D eigenvalue weighted by Gasteiger charge is 2.40. The molecule has 3 unspecified atom stereocenters. The largest absolute Gasteiger partial charge is 0.480 e. The highest BCUT2D eigenvalue weighted by atomic mass is 35.5. The molecule has 2 fully saturated rings. The Hall–Kier alpha value is -2.25. The minimum absolute atomic E-state index is 0.157. The van der Waals surface area contributed by atoms with Crippen LogP contribution in [-0.2, 0) is 9.53 Å². The van der Waals surface area contributed by atoms with E-state index < -0.39 is 12.0 Å². The average molecular weight is 463 g/mol. The van der Waals surface area contributed by atoms with Gasteiger partial charge in [-0.05, 0) is 42.3 Å². The Kier molecular flexibility index (Phi) is 6.72. The van der Waals surface area contributed by atoms with Crippen molar-refractivity contribution < 1.29 is 19.4 Å². The summed E-state index contributed by atoms with van der Waals surface area (Å²) in [6.45, 7) is 6.68. The smallest absolute Gasteiger partial charge is 0.321 e. The minimum Gasteiger partial charge on any atom is -0.480 e. The Morgan fingerprint density at radius 3 is 2.58 bits per heavy atom. The number of carboxylic acids is 1. The zero-order valence-corrected chi connectivity index (χ0v) is 18.4. The molecule has 0 aliphatic carbocycles. The molecule has 0 saturated carbocycles. The van der Waals surface area contributed by atoms with Gasteiger partial charge < -0.3 is 19.5 Å². The molecule has 2 aromatic rings. The molecule has 8 heteroatoms. The second kappa shape index (κ2) is 9.49. The van der Waals surface area contributed by atoms with Crippen LogP contribution in [0.15, 0.2) is 54.9 Å². The molecule has 31 heavy (non-hydrogen) atoms. The molecule has 6 nitrogen and oxygen atoms in total. The van der Waals surface area contributed by atoms with Gasteiger partial charge in [0.1, 0.15) is 11.8 Å². The standard InChI is InChI=1S/C23H24Cl2N2O4/c1-14(27-8-10-30-11-9-27)31-21-7-6-15(12-19(21)25)17-13-20(26-22(17)23(28)29)16-4-2-3-5-18(16)24/h2-7,12,17,20,22,26H,1,8-11,13H2,(H,28,29). The van der Waals surface area contributed by atoms with Crippen LogP contribution in [0, 0.1) is 0 Å². The highest BCUT2D eigenvalue weighted by molar-refractivity contribution is 6.32. The van der Waals surface area contributed by atoms with Crippen molar-refractivity contribution in [1.29, 1.82) is 0 Å². The molecule has 2 N–H and O–H groups in total. The molecule has 0 radical (unpaired) electrons. The lowest BCUT2D eigenvalue weighted by molar-refractivity contribution is -0.139. The van der Waals surface area contributed by atoms with Crippen LogP contribution in [0.1, 0.15) is 29.5 Å². The van der Waals surface area contributed by atoms with E-state index in [1.165, 1.54) is 0 Å². The van der Waals surface area contributed by atoms with Crippen molar-refractivity contribution in [2.45, 2.75) is 24.4 Å². The van der Waals surface area contributed by atoms with E-state index in [2.05, 4.69) is 11.9 Å². The number of aliphatic carboxylic acids is 1. The fourth-order valence-electron chi connectivity index (χ4n) is 4.17. The molecule has 0 aromatic heterocycles. The molecule has 2 aliphatic heterocycles. The van der Waals surface area contributed by atoms with Crippen molar-refractivity contribution in [2.24, 2.45) is 0 Å². The van der Waals surface area contributed by atoms with Crippen molar-refractivity contribution in [1.82, 2.24) is 10.2 Å². The predicted molar refractivity (Wildman–Crippen MR) is 120 cm³/mol. The molecular formula is C23H24Cl2N2O4. The highest BCUT2D eigenvalue weighted by Crippen LogP contribution is 2.41. The van der Waals surface area contributed by atoms with Crippen LogP contribution in [0.5, 0.6) is 5.75 Å². The third kappa shape index (κ3) is 4.83. The van der Waals surface area contributed by atoms with Crippen LogP contribution in [0.25, 0.3) is 0 Å². The lowest BCUT2D eigenvalue weighted by Crippen LogP contribution is -2.36. The van der Waals surface area contributed by atoms with E-state index in [-0.39, 0.29) is 12.0 Å². The van der Waals surface area contributed by atoms with Crippen molar-refractivity contribution in [3.63, 3.8) is 0 Å². The van der Waals surface area contributed by atoms with Gasteiger partial charge in [0.25, 0.3) is 0 Å². The number of nitrogens with one attached hydrogen (secondary N) is 1. The van der Waals surface area contributed by atoms with E-state index in [0.717, 1.165) is 11.1 Å². The Balaban J connectivity index is 1.52. The first-order valence-electron chi connectivity index (χ1n) is 10.2. The van der Waals surface area contributed by atoms with Gasteiger partial charge in [-0.1, -0.05) is 47.5 Å². The first-order chi connectivity index (χ1) is 14.9. The van der Waals surface area contributed by atoms with Crippen molar-refractivity contribution in [3.8, 4) is 5.75 Å². The topological polar surface area (TPSA) is 71.0 Å². The summed E-state index contributed by atoms with van der Waals surface area (Å²) in [7, 11) is 0. The van der Waals surface area contributed by atoms with E-state index in [9.17, 15) is 9.90 Å². The minimum atomic E-state index is -0.906. The number of morpholine rings is 1. The summed E-state index contributed by atoms with van der Waals surface area (Å²) in [6, 6.07) is 12.0. The number of nitrogens with zero attached hydrogens (tertiary/aromatic N) is 1. The van der Waals surface area contributed by atoms with Crippen molar-refractivity contribution in [2.75, 3.05) is 26.3 Å². The fraction of sp³-hybridized carbons (Fsp3) is 0.348. The molecular weight excluding hydrogens is 439 g/mol. The number of ether oxygens (including phenoxy) is 2. The van der Waals surface area contributed by atoms with Crippen molar-refractivity contribution in [3.05, 3.63) is 76.1 Å². The SMILES string of the molecule is C=C(Oc1ccc(C2CC(c3ccccc3Cl)NC2C(=O)O)cc1Cl)N1CCOCC1. The maximum absolute atomic E-state index is 11.9. The molecule has 164 valence electrons. The number of benzene rings is 2. The van der Waals surface area contributed by atoms with E-state index in [1.807, 2.05) is 35.2 Å². The summed E-state index contributed by atoms with van der Waals surface area (Å²) in [5, 5.41) is 14.0. The van der Waals surface area contributed by atoms with Gasteiger partial charge in [-0.3, -0.25) is 10.1 Å². The number of hydrogen-bond acceptors (Lipinski definition) is 5. The maximum atomic E-state index is 11.9. The Bertz CT molecular complexity index is 978. The van der Waals surface area contributed by atoms with Crippen LogP contribution in [0.2, 0.25) is 10.0 Å². The molecule has 2 heterocycles. The van der Waals surface area contributed by atoms with Gasteiger partial charge in [0.15, 0.2) is 5.88 Å². The monoisotopic (exact) mass is 462 g/mol. The molecule has 2 saturated heterocycles. The van der Waals surface area contributed by atoms with Crippen LogP contribution in [-0.4, -0.2) is 48.3 Å². The summed E-state index contributed by atoms with van der Waals surface area (Å²) in [5.74, 6) is -0.158. The van der Waals surface area contributed by atoms with Gasteiger partial charge in [0.2, 0.25) is 0 Å². The molecule has 0 bridgehead atoms. The van der Waals surface area contributed by atoms with Gasteiger partial charge in [-0.2, -0.15) is 0 Å². The normalized spacial score (nSPS) is 23.5. The summed E-state index contributed by atoms with van der Waals surface area (Å²) in [4.78, 5) is 13.9. The second-order valence-electron chi connectivity index (χ2n) is 7.68. The lowest BCUT2D eigenvalue weighted by atomic mass is 9.89. The Labute approximate surface area is 191 Å². The molecule has 0 amide bonds. The first kappa shape index (κ1) is 22.0. The molecule has 3 atom stereocenters. The van der Waals surface area contributed by atoms with E-state index >= 15 is 0 Å². The van der Waals surface area contributed by atoms with Gasteiger partial charge in [-0.15, -0.1) is 0 Å². The van der Waals surface area contributed by atoms with Crippen LogP contribution in [0.3, 0.4) is 0 Å². The van der Waals surface area contributed by atoms with Crippen LogP contribution in [0.4, 0.5) is 0 Å². The molecule has 0 spiro atoms. The summed E-state index contributed by atoms with van der Waals surface area (Å²) >= 11 is 12.8. The Morgan fingerprint density at radius 2 is 1.90 bits per heavy atom. The zero-order valence-electron chi connectivity index (χ0n) is 16.9. The number of carbonyl (C=O) groups is 1. The van der Waals surface area contributed by atoms with Crippen molar-refractivity contribution >= 4 is 29.2 Å². The second-order valence-corrected chi connectivity index (χ2v) is 8.50. The average Bonchev–Trinajstić information content (AvgIpc) is 3.21. The molecule has 2 aromatic carbocycles. The van der Waals surface area contributed by atoms with E-state index in [4.69, 9.17) is 32.7 Å². The fourth-order valence-corrected chi connectivity index (χ4v) is 4.67. The number of hydrogen-bond donors (Lipinski definition) is 2. The van der Waals surface area contributed by atoms with Gasteiger partial charge >= 0.3 is 5.97 Å². The quantitative estimate of drug-likeness (QED) is 0.618. The van der Waals surface area contributed by atoms with Crippen LogP contribution >= 0.6 is 23.2 Å².